The first-order chi connectivity index (χ1) is 15.6. The molecule has 1 amide bonds. The van der Waals surface area contributed by atoms with Gasteiger partial charge in [-0.3, -0.25) is 9.63 Å². The molecule has 7 heteroatoms. The van der Waals surface area contributed by atoms with Crippen LogP contribution in [0.4, 0.5) is 10.2 Å². The van der Waals surface area contributed by atoms with Crippen LogP contribution in [0.2, 0.25) is 0 Å². The number of anilines is 1. The van der Waals surface area contributed by atoms with E-state index in [0.717, 1.165) is 57.0 Å². The van der Waals surface area contributed by atoms with Crippen molar-refractivity contribution >= 4 is 11.7 Å². The van der Waals surface area contributed by atoms with Gasteiger partial charge in [-0.15, -0.1) is 0 Å². The van der Waals surface area contributed by atoms with Gasteiger partial charge < -0.3 is 10.2 Å². The number of aromatic nitrogens is 1. The van der Waals surface area contributed by atoms with Crippen molar-refractivity contribution in [3.8, 4) is 0 Å². The van der Waals surface area contributed by atoms with Crippen molar-refractivity contribution in [1.82, 2.24) is 15.4 Å². The summed E-state index contributed by atoms with van der Waals surface area (Å²) in [5, 5.41) is 2.72. The number of nitrogens with one attached hydrogen (secondary N) is 2. The highest BCUT2D eigenvalue weighted by Crippen LogP contribution is 2.16. The van der Waals surface area contributed by atoms with Crippen molar-refractivity contribution in [1.29, 1.82) is 0 Å². The summed E-state index contributed by atoms with van der Waals surface area (Å²) in [5.41, 5.74) is 4.13. The summed E-state index contributed by atoms with van der Waals surface area (Å²) in [4.78, 5) is 23.8. The Morgan fingerprint density at radius 1 is 1.25 bits per heavy atom. The summed E-state index contributed by atoms with van der Waals surface area (Å²) < 4.78 is 12.2. The van der Waals surface area contributed by atoms with Gasteiger partial charge in [0, 0.05) is 19.6 Å². The molecule has 3 rings (SSSR count). The minimum absolute atomic E-state index is 0.0359. The molecular weight excluding hydrogens is 407 g/mol. The van der Waals surface area contributed by atoms with Gasteiger partial charge in [-0.05, 0) is 43.2 Å². The molecule has 6 nitrogen and oxygen atoms in total. The molecule has 1 atom stereocenters. The average Bonchev–Trinajstić information content (AvgIpc) is 3.36. The molecule has 1 saturated heterocycles. The second kappa shape index (κ2) is 15.1. The second-order valence-corrected chi connectivity index (χ2v) is 7.70. The fraction of sp³-hybridized carbons (Fsp3) is 0.440. The summed E-state index contributed by atoms with van der Waals surface area (Å²) in [7, 11) is 0. The van der Waals surface area contributed by atoms with Crippen LogP contribution in [0.15, 0.2) is 61.4 Å². The minimum atomic E-state index is -0.338. The van der Waals surface area contributed by atoms with Gasteiger partial charge in [0.1, 0.15) is 11.6 Å². The van der Waals surface area contributed by atoms with Crippen molar-refractivity contribution < 1.29 is 14.0 Å². The lowest BCUT2D eigenvalue weighted by Crippen LogP contribution is -2.38. The number of pyridine rings is 1. The zero-order chi connectivity index (χ0) is 23.0. The zero-order valence-corrected chi connectivity index (χ0v) is 18.9. The normalized spacial score (nSPS) is 13.8. The molecule has 1 aliphatic rings. The van der Waals surface area contributed by atoms with Crippen molar-refractivity contribution in [2.24, 2.45) is 5.92 Å². The highest BCUT2D eigenvalue weighted by molar-refractivity contribution is 5.79. The smallest absolute Gasteiger partial charge is 0.227 e. The van der Waals surface area contributed by atoms with Crippen molar-refractivity contribution in [3.63, 3.8) is 0 Å². The van der Waals surface area contributed by atoms with Crippen LogP contribution in [0.1, 0.15) is 44.6 Å². The average molecular weight is 443 g/mol. The number of rotatable bonds is 11. The lowest BCUT2D eigenvalue weighted by atomic mass is 10.0. The molecule has 174 valence electrons. The Balaban J connectivity index is 0.000000303. The number of nitrogens with zero attached hydrogens (tertiary/aromatic N) is 2. The molecule has 0 aliphatic carbocycles. The Morgan fingerprint density at radius 2 is 2.00 bits per heavy atom. The highest BCUT2D eigenvalue weighted by Gasteiger charge is 2.25. The first-order valence-electron chi connectivity index (χ1n) is 11.3. The van der Waals surface area contributed by atoms with E-state index in [1.165, 1.54) is 18.3 Å². The van der Waals surface area contributed by atoms with E-state index in [1.807, 2.05) is 35.2 Å². The molecule has 1 aliphatic heterocycles. The number of hydrogen-bond donors (Lipinski definition) is 2. The molecular formula is C25H35FN4O2. The van der Waals surface area contributed by atoms with Crippen LogP contribution in [-0.2, 0) is 16.2 Å². The second-order valence-electron chi connectivity index (χ2n) is 7.70. The standard InChI is InChI=1S/C18H28N2O2.C7H7FN2/c1-2-3-11-17(18(21)20-12-7-8-13-20)14-19-22-15-16-9-5-4-6-10-16;1-2-9-7-4-3-6(8)5-10-7/h4-6,9-10,17,19H,2-3,7-8,11-15H2,1H3;2-5H,1H2,(H,9,10). The topological polar surface area (TPSA) is 66.5 Å². The molecule has 0 bridgehead atoms. The highest BCUT2D eigenvalue weighted by atomic mass is 19.1. The summed E-state index contributed by atoms with van der Waals surface area (Å²) in [6.45, 7) is 8.57. The van der Waals surface area contributed by atoms with Crippen LogP contribution in [0, 0.1) is 11.7 Å². The molecule has 2 aromatic rings. The molecule has 1 aromatic heterocycles. The summed E-state index contributed by atoms with van der Waals surface area (Å²) in [6.07, 6.45) is 8.06. The van der Waals surface area contributed by atoms with Gasteiger partial charge >= 0.3 is 0 Å². The third kappa shape index (κ3) is 9.58. The Bertz CT molecular complexity index is 780. The van der Waals surface area contributed by atoms with Gasteiger partial charge in [-0.25, -0.2) is 14.9 Å². The number of hydroxylamine groups is 1. The third-order valence-electron chi connectivity index (χ3n) is 5.16. The van der Waals surface area contributed by atoms with Crippen molar-refractivity contribution in [2.75, 3.05) is 25.0 Å². The maximum absolute atomic E-state index is 12.5. The number of unbranched alkanes of at least 4 members (excludes halogenated alkanes) is 1. The van der Waals surface area contributed by atoms with E-state index in [-0.39, 0.29) is 11.7 Å². The number of halogens is 1. The van der Waals surface area contributed by atoms with Gasteiger partial charge in [-0.1, -0.05) is 56.7 Å². The maximum Gasteiger partial charge on any atom is 0.227 e. The molecule has 2 heterocycles. The van der Waals surface area contributed by atoms with Crippen LogP contribution >= 0.6 is 0 Å². The first kappa shape index (κ1) is 25.5. The van der Waals surface area contributed by atoms with Crippen molar-refractivity contribution in [3.05, 3.63) is 72.8 Å². The van der Waals surface area contributed by atoms with E-state index in [9.17, 15) is 9.18 Å². The van der Waals surface area contributed by atoms with Crippen LogP contribution in [0.3, 0.4) is 0 Å². The number of likely N-dealkylation sites (tertiary alicyclic amines) is 1. The molecule has 32 heavy (non-hydrogen) atoms. The van der Waals surface area contributed by atoms with E-state index in [1.54, 1.807) is 0 Å². The van der Waals surface area contributed by atoms with E-state index >= 15 is 0 Å². The number of carbonyl (C=O) groups excluding carboxylic acids is 1. The summed E-state index contributed by atoms with van der Waals surface area (Å²) in [6, 6.07) is 12.9. The van der Waals surface area contributed by atoms with Crippen LogP contribution in [0.25, 0.3) is 0 Å². The number of amides is 1. The predicted octanol–water partition coefficient (Wildman–Crippen LogP) is 4.91. The van der Waals surface area contributed by atoms with E-state index < -0.39 is 0 Å². The van der Waals surface area contributed by atoms with E-state index in [4.69, 9.17) is 4.84 Å². The first-order valence-corrected chi connectivity index (χ1v) is 11.3. The molecule has 0 radical (unpaired) electrons. The fourth-order valence-corrected chi connectivity index (χ4v) is 3.39. The fourth-order valence-electron chi connectivity index (χ4n) is 3.39. The van der Waals surface area contributed by atoms with Gasteiger partial charge in [0.2, 0.25) is 5.91 Å². The largest absolute Gasteiger partial charge is 0.347 e. The maximum atomic E-state index is 12.5. The molecule has 0 saturated carbocycles. The molecule has 0 spiro atoms. The third-order valence-corrected chi connectivity index (χ3v) is 5.16. The zero-order valence-electron chi connectivity index (χ0n) is 18.9. The number of benzene rings is 1. The van der Waals surface area contributed by atoms with Gasteiger partial charge in [0.15, 0.2) is 0 Å². The van der Waals surface area contributed by atoms with Crippen molar-refractivity contribution in [2.45, 2.75) is 45.6 Å². The Hall–Kier alpha value is -2.77. The Morgan fingerprint density at radius 3 is 2.62 bits per heavy atom. The van der Waals surface area contributed by atoms with Crippen LogP contribution < -0.4 is 10.8 Å². The van der Waals surface area contributed by atoms with E-state index in [2.05, 4.69) is 29.3 Å². The summed E-state index contributed by atoms with van der Waals surface area (Å²) in [5.74, 6) is 0.585. The lowest BCUT2D eigenvalue weighted by Gasteiger charge is -2.23. The molecule has 2 N–H and O–H groups in total. The SMILES string of the molecule is C=CNc1ccc(F)cn1.CCCCC(CNOCc1ccccc1)C(=O)N1CCCC1. The quantitative estimate of drug-likeness (QED) is 0.382. The van der Waals surface area contributed by atoms with E-state index in [0.29, 0.717) is 24.9 Å². The lowest BCUT2D eigenvalue weighted by molar-refractivity contribution is -0.135. The van der Waals surface area contributed by atoms with Crippen LogP contribution in [-0.4, -0.2) is 35.4 Å². The number of carbonyl (C=O) groups is 1. The minimum Gasteiger partial charge on any atom is -0.347 e. The van der Waals surface area contributed by atoms with Gasteiger partial charge in [-0.2, -0.15) is 0 Å². The predicted molar refractivity (Wildman–Crippen MR) is 126 cm³/mol. The monoisotopic (exact) mass is 442 g/mol. The van der Waals surface area contributed by atoms with Crippen LogP contribution in [0.5, 0.6) is 0 Å². The summed E-state index contributed by atoms with van der Waals surface area (Å²) >= 11 is 0. The molecule has 1 fully saturated rings. The Kier molecular flexibility index (Phi) is 12.0. The Labute approximate surface area is 190 Å². The molecule has 1 unspecified atom stereocenters. The number of hydrogen-bond acceptors (Lipinski definition) is 5. The van der Waals surface area contributed by atoms with Gasteiger partial charge in [0.25, 0.3) is 0 Å². The molecule has 1 aromatic carbocycles. The van der Waals surface area contributed by atoms with Gasteiger partial charge in [0.05, 0.1) is 18.7 Å².